The third kappa shape index (κ3) is 4.35. The number of rotatable bonds is 3. The van der Waals surface area contributed by atoms with Crippen LogP contribution in [0.4, 0.5) is 8.78 Å². The predicted molar refractivity (Wildman–Crippen MR) is 58.9 cm³/mol. The van der Waals surface area contributed by atoms with Crippen molar-refractivity contribution in [3.63, 3.8) is 0 Å². The van der Waals surface area contributed by atoms with Crippen LogP contribution in [0.5, 0.6) is 0 Å². The van der Waals surface area contributed by atoms with Crippen LogP contribution < -0.4 is 5.73 Å². The van der Waals surface area contributed by atoms with Gasteiger partial charge in [-0.3, -0.25) is 0 Å². The fraction of sp³-hybridized carbons (Fsp3) is 0.333. The normalized spacial score (nSPS) is 12.4. The van der Waals surface area contributed by atoms with Crippen LogP contribution in [0.15, 0.2) is 28.7 Å². The lowest BCUT2D eigenvalue weighted by Crippen LogP contribution is -2.13. The molecule has 0 fully saturated rings. The molecule has 0 unspecified atom stereocenters. The highest BCUT2D eigenvalue weighted by molar-refractivity contribution is 9.10. The lowest BCUT2D eigenvalue weighted by Gasteiger charge is -2.10. The number of benzene rings is 1. The SMILES string of the molecule is Cl.N[C@@H](CC(F)F)c1ccc(Br)cc1. The molecule has 1 aromatic rings. The first-order chi connectivity index (χ1) is 6.09. The van der Waals surface area contributed by atoms with E-state index in [4.69, 9.17) is 5.73 Å². The topological polar surface area (TPSA) is 26.0 Å². The summed E-state index contributed by atoms with van der Waals surface area (Å²) >= 11 is 3.26. The first-order valence-electron chi connectivity index (χ1n) is 3.89. The van der Waals surface area contributed by atoms with E-state index in [0.29, 0.717) is 0 Å². The summed E-state index contributed by atoms with van der Waals surface area (Å²) in [6.07, 6.45) is -2.64. The van der Waals surface area contributed by atoms with Gasteiger partial charge in [0.1, 0.15) is 0 Å². The first kappa shape index (κ1) is 13.8. The van der Waals surface area contributed by atoms with Crippen molar-refractivity contribution in [3.8, 4) is 0 Å². The molecule has 0 saturated heterocycles. The Kier molecular flexibility index (Phi) is 6.24. The van der Waals surface area contributed by atoms with Crippen LogP contribution >= 0.6 is 28.3 Å². The van der Waals surface area contributed by atoms with Gasteiger partial charge in [-0.2, -0.15) is 0 Å². The van der Waals surface area contributed by atoms with Crippen molar-refractivity contribution in [2.45, 2.75) is 18.9 Å². The maximum atomic E-state index is 12.0. The summed E-state index contributed by atoms with van der Waals surface area (Å²) in [6, 6.07) is 6.50. The molecule has 14 heavy (non-hydrogen) atoms. The molecular weight excluding hydrogens is 275 g/mol. The highest BCUT2D eigenvalue weighted by Gasteiger charge is 2.12. The van der Waals surface area contributed by atoms with E-state index in [2.05, 4.69) is 15.9 Å². The second-order valence-corrected chi connectivity index (χ2v) is 3.70. The van der Waals surface area contributed by atoms with E-state index in [0.717, 1.165) is 10.0 Å². The van der Waals surface area contributed by atoms with E-state index in [-0.39, 0.29) is 18.8 Å². The first-order valence-corrected chi connectivity index (χ1v) is 4.68. The van der Waals surface area contributed by atoms with Gasteiger partial charge in [-0.05, 0) is 17.7 Å². The summed E-state index contributed by atoms with van der Waals surface area (Å²) in [6.45, 7) is 0. The van der Waals surface area contributed by atoms with Crippen LogP contribution in [0.3, 0.4) is 0 Å². The minimum absolute atomic E-state index is 0. The van der Waals surface area contributed by atoms with Crippen molar-refractivity contribution in [2.24, 2.45) is 5.73 Å². The van der Waals surface area contributed by atoms with E-state index in [9.17, 15) is 8.78 Å². The Balaban J connectivity index is 0.00000169. The molecule has 0 aliphatic rings. The number of halogens is 4. The summed E-state index contributed by atoms with van der Waals surface area (Å²) < 4.78 is 24.8. The Morgan fingerprint density at radius 1 is 1.21 bits per heavy atom. The zero-order valence-corrected chi connectivity index (χ0v) is 9.69. The van der Waals surface area contributed by atoms with Crippen molar-refractivity contribution in [2.75, 3.05) is 0 Å². The summed E-state index contributed by atoms with van der Waals surface area (Å²) in [7, 11) is 0. The van der Waals surface area contributed by atoms with Crippen molar-refractivity contribution < 1.29 is 8.78 Å². The predicted octanol–water partition coefficient (Wildman–Crippen LogP) is 3.53. The molecule has 0 amide bonds. The van der Waals surface area contributed by atoms with Crippen LogP contribution in [0.2, 0.25) is 0 Å². The molecule has 1 rings (SSSR count). The van der Waals surface area contributed by atoms with Crippen molar-refractivity contribution in [1.82, 2.24) is 0 Å². The minimum atomic E-state index is -2.35. The highest BCUT2D eigenvalue weighted by Crippen LogP contribution is 2.19. The van der Waals surface area contributed by atoms with Crippen LogP contribution in [0.1, 0.15) is 18.0 Å². The van der Waals surface area contributed by atoms with Gasteiger partial charge in [-0.25, -0.2) is 8.78 Å². The summed E-state index contributed by atoms with van der Waals surface area (Å²) in [5.41, 5.74) is 6.29. The molecule has 0 aliphatic carbocycles. The molecule has 0 radical (unpaired) electrons. The number of hydrogen-bond donors (Lipinski definition) is 1. The van der Waals surface area contributed by atoms with Gasteiger partial charge in [0.2, 0.25) is 6.43 Å². The standard InChI is InChI=1S/C9H10BrF2N.ClH/c10-7-3-1-6(2-4-7)8(13)5-9(11)12;/h1-4,8-9H,5,13H2;1H/t8-;/m0./s1. The number of nitrogens with two attached hydrogens (primary N) is 1. The highest BCUT2D eigenvalue weighted by atomic mass is 79.9. The quantitative estimate of drug-likeness (QED) is 0.904. The summed E-state index contributed by atoms with van der Waals surface area (Å²) in [5, 5.41) is 0. The Hall–Kier alpha value is -0.190. The third-order valence-corrected chi connectivity index (χ3v) is 2.26. The van der Waals surface area contributed by atoms with E-state index in [1.807, 2.05) is 0 Å². The largest absolute Gasteiger partial charge is 0.324 e. The van der Waals surface area contributed by atoms with Gasteiger partial charge in [0.15, 0.2) is 0 Å². The molecule has 5 heteroatoms. The van der Waals surface area contributed by atoms with E-state index < -0.39 is 12.5 Å². The molecule has 1 atom stereocenters. The Morgan fingerprint density at radius 3 is 2.14 bits per heavy atom. The summed E-state index contributed by atoms with van der Waals surface area (Å²) in [4.78, 5) is 0. The van der Waals surface area contributed by atoms with Crippen molar-refractivity contribution >= 4 is 28.3 Å². The maximum Gasteiger partial charge on any atom is 0.240 e. The molecule has 0 aliphatic heterocycles. The zero-order chi connectivity index (χ0) is 9.84. The van der Waals surface area contributed by atoms with Gasteiger partial charge in [-0.15, -0.1) is 12.4 Å². The van der Waals surface area contributed by atoms with Crippen LogP contribution in [-0.2, 0) is 0 Å². The molecule has 0 saturated carbocycles. The van der Waals surface area contributed by atoms with E-state index in [1.165, 1.54) is 0 Å². The molecule has 0 bridgehead atoms. The monoisotopic (exact) mass is 285 g/mol. The molecular formula is C9H11BrClF2N. The fourth-order valence-electron chi connectivity index (χ4n) is 1.04. The van der Waals surface area contributed by atoms with Crippen LogP contribution in [0, 0.1) is 0 Å². The molecule has 2 N–H and O–H groups in total. The van der Waals surface area contributed by atoms with E-state index >= 15 is 0 Å². The molecule has 1 nitrogen and oxygen atoms in total. The number of alkyl halides is 2. The molecule has 80 valence electrons. The molecule has 0 aromatic heterocycles. The minimum Gasteiger partial charge on any atom is -0.324 e. The van der Waals surface area contributed by atoms with Gasteiger partial charge in [-0.1, -0.05) is 28.1 Å². The summed E-state index contributed by atoms with van der Waals surface area (Å²) in [5.74, 6) is 0. The van der Waals surface area contributed by atoms with Crippen molar-refractivity contribution in [1.29, 1.82) is 0 Å². The second-order valence-electron chi connectivity index (χ2n) is 2.78. The average molecular weight is 287 g/mol. The van der Waals surface area contributed by atoms with Crippen LogP contribution in [-0.4, -0.2) is 6.43 Å². The number of hydrogen-bond acceptors (Lipinski definition) is 1. The Labute approximate surface area is 96.2 Å². The van der Waals surface area contributed by atoms with Gasteiger partial charge in [0.25, 0.3) is 0 Å². The third-order valence-electron chi connectivity index (χ3n) is 1.73. The van der Waals surface area contributed by atoms with Gasteiger partial charge in [0.05, 0.1) is 0 Å². The molecule has 1 aromatic carbocycles. The zero-order valence-electron chi connectivity index (χ0n) is 7.29. The van der Waals surface area contributed by atoms with Gasteiger partial charge in [0, 0.05) is 16.9 Å². The lowest BCUT2D eigenvalue weighted by atomic mass is 10.1. The average Bonchev–Trinajstić information content (AvgIpc) is 2.04. The second kappa shape index (κ2) is 6.32. The Bertz CT molecular complexity index is 266. The smallest absolute Gasteiger partial charge is 0.240 e. The Morgan fingerprint density at radius 2 is 1.71 bits per heavy atom. The fourth-order valence-corrected chi connectivity index (χ4v) is 1.30. The lowest BCUT2D eigenvalue weighted by molar-refractivity contribution is 0.128. The van der Waals surface area contributed by atoms with Gasteiger partial charge < -0.3 is 5.73 Å². The van der Waals surface area contributed by atoms with Gasteiger partial charge >= 0.3 is 0 Å². The molecule has 0 heterocycles. The van der Waals surface area contributed by atoms with E-state index in [1.54, 1.807) is 24.3 Å². The van der Waals surface area contributed by atoms with Crippen LogP contribution in [0.25, 0.3) is 0 Å². The maximum absolute atomic E-state index is 12.0. The molecule has 0 spiro atoms. The van der Waals surface area contributed by atoms with Crippen molar-refractivity contribution in [3.05, 3.63) is 34.3 Å².